The minimum atomic E-state index is 0.0529. The van der Waals surface area contributed by atoms with Gasteiger partial charge in [0.1, 0.15) is 12.4 Å². The number of anilines is 1. The Labute approximate surface area is 203 Å². The van der Waals surface area contributed by atoms with Crippen LogP contribution in [0.1, 0.15) is 17.2 Å². The fraction of sp³-hybridized carbons (Fsp3) is 0.240. The van der Waals surface area contributed by atoms with Crippen molar-refractivity contribution < 1.29 is 4.74 Å². The van der Waals surface area contributed by atoms with E-state index in [4.69, 9.17) is 44.8 Å². The van der Waals surface area contributed by atoms with Crippen LogP contribution in [0.5, 0.6) is 5.75 Å². The third-order valence-corrected chi connectivity index (χ3v) is 6.59. The van der Waals surface area contributed by atoms with Gasteiger partial charge >= 0.3 is 0 Å². The van der Waals surface area contributed by atoms with Crippen molar-refractivity contribution in [3.05, 3.63) is 92.9 Å². The summed E-state index contributed by atoms with van der Waals surface area (Å²) in [6, 6.07) is 23.0. The predicted molar refractivity (Wildman–Crippen MR) is 131 cm³/mol. The SMILES string of the molecule is CN1C[C@H](c2ccc(Cl)cc2Cl)N(c2ccc(Cl)cc2)C[C@@H]1COc1ccc(C#N)cc1. The number of likely N-dealkylation sites (N-methyl/N-ethyl adjacent to an activating group) is 1. The summed E-state index contributed by atoms with van der Waals surface area (Å²) >= 11 is 18.9. The molecule has 1 aliphatic rings. The molecule has 1 aliphatic heterocycles. The molecule has 0 aliphatic carbocycles. The van der Waals surface area contributed by atoms with Crippen molar-refractivity contribution in [3.63, 3.8) is 0 Å². The van der Waals surface area contributed by atoms with Crippen molar-refractivity contribution in [1.82, 2.24) is 4.90 Å². The number of piperazine rings is 1. The van der Waals surface area contributed by atoms with Gasteiger partial charge in [0.15, 0.2) is 0 Å². The monoisotopic (exact) mass is 485 g/mol. The van der Waals surface area contributed by atoms with Gasteiger partial charge in [-0.3, -0.25) is 4.90 Å². The Hall–Kier alpha value is -2.42. The second-order valence-electron chi connectivity index (χ2n) is 7.85. The molecular formula is C25H22Cl3N3O. The summed E-state index contributed by atoms with van der Waals surface area (Å²) in [6.45, 7) is 2.04. The summed E-state index contributed by atoms with van der Waals surface area (Å²) in [5, 5.41) is 11.0. The fourth-order valence-electron chi connectivity index (χ4n) is 3.97. The summed E-state index contributed by atoms with van der Waals surface area (Å²) in [4.78, 5) is 4.64. The molecule has 0 amide bonds. The smallest absolute Gasteiger partial charge is 0.119 e. The highest BCUT2D eigenvalue weighted by atomic mass is 35.5. The van der Waals surface area contributed by atoms with Crippen molar-refractivity contribution >= 4 is 40.5 Å². The molecule has 0 bridgehead atoms. The van der Waals surface area contributed by atoms with E-state index >= 15 is 0 Å². The number of rotatable bonds is 5. The van der Waals surface area contributed by atoms with Gasteiger partial charge in [0.25, 0.3) is 0 Å². The highest BCUT2D eigenvalue weighted by Gasteiger charge is 2.34. The number of hydrogen-bond donors (Lipinski definition) is 0. The summed E-state index contributed by atoms with van der Waals surface area (Å²) in [5.41, 5.74) is 2.72. The van der Waals surface area contributed by atoms with Crippen LogP contribution in [-0.2, 0) is 0 Å². The first-order valence-electron chi connectivity index (χ1n) is 10.2. The molecule has 0 aromatic heterocycles. The standard InChI is InChI=1S/C25H22Cl3N3O/c1-30-15-25(23-11-6-19(27)12-24(23)28)31(20-7-4-18(26)5-8-20)14-21(30)16-32-22-9-2-17(13-29)3-10-22/h2-12,21,25H,14-16H2,1H3/t21-,25-/m1/s1. The Kier molecular flexibility index (Phi) is 7.13. The molecule has 3 aromatic rings. The van der Waals surface area contributed by atoms with Crippen LogP contribution in [0.2, 0.25) is 15.1 Å². The van der Waals surface area contributed by atoms with Crippen molar-refractivity contribution in [3.8, 4) is 11.8 Å². The van der Waals surface area contributed by atoms with Gasteiger partial charge in [-0.2, -0.15) is 5.26 Å². The number of halogens is 3. The van der Waals surface area contributed by atoms with E-state index in [9.17, 15) is 0 Å². The zero-order chi connectivity index (χ0) is 22.7. The first-order valence-corrected chi connectivity index (χ1v) is 11.4. The number of nitrogens with zero attached hydrogens (tertiary/aromatic N) is 3. The quantitative estimate of drug-likeness (QED) is 0.415. The maximum Gasteiger partial charge on any atom is 0.119 e. The van der Waals surface area contributed by atoms with Gasteiger partial charge in [-0.1, -0.05) is 40.9 Å². The highest BCUT2D eigenvalue weighted by Crippen LogP contribution is 2.37. The minimum Gasteiger partial charge on any atom is -0.492 e. The molecule has 32 heavy (non-hydrogen) atoms. The largest absolute Gasteiger partial charge is 0.492 e. The number of nitriles is 1. The Bertz CT molecular complexity index is 1110. The topological polar surface area (TPSA) is 39.5 Å². The first kappa shape index (κ1) is 22.8. The van der Waals surface area contributed by atoms with E-state index in [-0.39, 0.29) is 12.1 Å². The molecule has 7 heteroatoms. The van der Waals surface area contributed by atoms with Crippen LogP contribution in [-0.4, -0.2) is 37.7 Å². The van der Waals surface area contributed by atoms with Gasteiger partial charge in [0.05, 0.1) is 23.7 Å². The van der Waals surface area contributed by atoms with Crippen molar-refractivity contribution in [2.75, 3.05) is 31.6 Å². The Morgan fingerprint density at radius 2 is 1.62 bits per heavy atom. The zero-order valence-electron chi connectivity index (χ0n) is 17.5. The average molecular weight is 487 g/mol. The van der Waals surface area contributed by atoms with E-state index < -0.39 is 0 Å². The summed E-state index contributed by atoms with van der Waals surface area (Å²) < 4.78 is 6.06. The van der Waals surface area contributed by atoms with Gasteiger partial charge in [0, 0.05) is 33.8 Å². The van der Waals surface area contributed by atoms with Crippen LogP contribution in [0.25, 0.3) is 0 Å². The molecule has 1 fully saturated rings. The number of benzene rings is 3. The predicted octanol–water partition coefficient (Wildman–Crippen LogP) is 6.46. The minimum absolute atomic E-state index is 0.0529. The van der Waals surface area contributed by atoms with Crippen LogP contribution in [0.3, 0.4) is 0 Å². The van der Waals surface area contributed by atoms with E-state index in [1.165, 1.54) is 0 Å². The van der Waals surface area contributed by atoms with E-state index in [1.807, 2.05) is 48.5 Å². The molecule has 0 radical (unpaired) electrons. The lowest BCUT2D eigenvalue weighted by atomic mass is 9.98. The molecule has 0 saturated carbocycles. The number of ether oxygens (including phenoxy) is 1. The van der Waals surface area contributed by atoms with Gasteiger partial charge < -0.3 is 9.64 Å². The van der Waals surface area contributed by atoms with Gasteiger partial charge in [0.2, 0.25) is 0 Å². The molecule has 4 nitrogen and oxygen atoms in total. The average Bonchev–Trinajstić information content (AvgIpc) is 2.79. The van der Waals surface area contributed by atoms with Crippen molar-refractivity contribution in [1.29, 1.82) is 5.26 Å². The van der Waals surface area contributed by atoms with Gasteiger partial charge in [-0.25, -0.2) is 0 Å². The third kappa shape index (κ3) is 5.14. The van der Waals surface area contributed by atoms with Crippen molar-refractivity contribution in [2.45, 2.75) is 12.1 Å². The molecule has 164 valence electrons. The zero-order valence-corrected chi connectivity index (χ0v) is 19.8. The normalized spacial score (nSPS) is 18.9. The van der Waals surface area contributed by atoms with Gasteiger partial charge in [-0.05, 0) is 73.3 Å². The Morgan fingerprint density at radius 1 is 0.938 bits per heavy atom. The Morgan fingerprint density at radius 3 is 2.28 bits per heavy atom. The second kappa shape index (κ2) is 10.0. The molecule has 2 atom stereocenters. The second-order valence-corrected chi connectivity index (χ2v) is 9.13. The first-order chi connectivity index (χ1) is 15.4. The lowest BCUT2D eigenvalue weighted by Gasteiger charge is -2.46. The summed E-state index contributed by atoms with van der Waals surface area (Å²) in [7, 11) is 2.10. The molecule has 1 saturated heterocycles. The Balaban J connectivity index is 1.58. The maximum atomic E-state index is 8.98. The van der Waals surface area contributed by atoms with Crippen LogP contribution < -0.4 is 9.64 Å². The lowest BCUT2D eigenvalue weighted by Crippen LogP contribution is -2.55. The third-order valence-electron chi connectivity index (χ3n) is 5.77. The van der Waals surface area contributed by atoms with Crippen LogP contribution in [0.15, 0.2) is 66.7 Å². The van der Waals surface area contributed by atoms with E-state index in [0.29, 0.717) is 27.2 Å². The van der Waals surface area contributed by atoms with E-state index in [0.717, 1.165) is 30.1 Å². The maximum absolute atomic E-state index is 8.98. The molecule has 0 N–H and O–H groups in total. The van der Waals surface area contributed by atoms with Crippen LogP contribution in [0.4, 0.5) is 5.69 Å². The van der Waals surface area contributed by atoms with Crippen molar-refractivity contribution in [2.24, 2.45) is 0 Å². The highest BCUT2D eigenvalue weighted by molar-refractivity contribution is 6.35. The molecule has 0 unspecified atom stereocenters. The fourth-order valence-corrected chi connectivity index (χ4v) is 4.63. The molecule has 3 aromatic carbocycles. The molecule has 0 spiro atoms. The molecule has 4 rings (SSSR count). The van der Waals surface area contributed by atoms with Gasteiger partial charge in [-0.15, -0.1) is 0 Å². The van der Waals surface area contributed by atoms with E-state index in [1.54, 1.807) is 18.2 Å². The summed E-state index contributed by atoms with van der Waals surface area (Å²) in [6.07, 6.45) is 0. The van der Waals surface area contributed by atoms with Crippen LogP contribution >= 0.6 is 34.8 Å². The molecular weight excluding hydrogens is 465 g/mol. The van der Waals surface area contributed by atoms with Crippen LogP contribution in [0, 0.1) is 11.3 Å². The molecule has 1 heterocycles. The van der Waals surface area contributed by atoms with E-state index in [2.05, 4.69) is 22.9 Å². The lowest BCUT2D eigenvalue weighted by molar-refractivity contribution is 0.129. The number of hydrogen-bond acceptors (Lipinski definition) is 4. The summed E-state index contributed by atoms with van der Waals surface area (Å²) in [5.74, 6) is 0.748.